The highest BCUT2D eigenvalue weighted by atomic mass is 16.5. The number of hydrogen-bond acceptors (Lipinski definition) is 5. The molecule has 0 aromatic carbocycles. The summed E-state index contributed by atoms with van der Waals surface area (Å²) in [5.74, 6) is -0.00823. The minimum Gasteiger partial charge on any atom is -0.466 e. The van der Waals surface area contributed by atoms with E-state index in [0.29, 0.717) is 25.9 Å². The molecule has 2 atom stereocenters. The maximum atomic E-state index is 12.5. The summed E-state index contributed by atoms with van der Waals surface area (Å²) in [7, 11) is 0. The van der Waals surface area contributed by atoms with Crippen molar-refractivity contribution in [2.45, 2.75) is 431 Å². The lowest BCUT2D eigenvalue weighted by atomic mass is 10.0. The summed E-state index contributed by atoms with van der Waals surface area (Å²) >= 11 is 0. The van der Waals surface area contributed by atoms with E-state index in [1.54, 1.807) is 0 Å². The predicted octanol–water partition coefficient (Wildman–Crippen LogP) is 24.1. The highest BCUT2D eigenvalue weighted by molar-refractivity contribution is 5.76. The molecule has 0 aliphatic rings. The van der Waals surface area contributed by atoms with Crippen LogP contribution in [0.4, 0.5) is 0 Å². The Morgan fingerprint density at radius 1 is 0.346 bits per heavy atom. The van der Waals surface area contributed by atoms with Crippen LogP contribution in [0, 0.1) is 0 Å². The van der Waals surface area contributed by atoms with Gasteiger partial charge in [0.25, 0.3) is 0 Å². The van der Waals surface area contributed by atoms with Crippen molar-refractivity contribution in [3.05, 3.63) is 24.3 Å². The van der Waals surface area contributed by atoms with Gasteiger partial charge in [-0.2, -0.15) is 0 Å². The van der Waals surface area contributed by atoms with Gasteiger partial charge in [0.05, 0.1) is 25.4 Å². The van der Waals surface area contributed by atoms with Gasteiger partial charge in [-0.25, -0.2) is 0 Å². The van der Waals surface area contributed by atoms with Crippen LogP contribution < -0.4 is 5.32 Å². The molecule has 0 saturated carbocycles. The first-order chi connectivity index (χ1) is 40.0. The van der Waals surface area contributed by atoms with Crippen molar-refractivity contribution in [3.63, 3.8) is 0 Å². The van der Waals surface area contributed by atoms with Gasteiger partial charge >= 0.3 is 5.97 Å². The van der Waals surface area contributed by atoms with Crippen LogP contribution in [0.1, 0.15) is 418 Å². The number of rotatable bonds is 70. The minimum atomic E-state index is -0.661. The molecular formula is C75H145NO5. The van der Waals surface area contributed by atoms with Crippen molar-refractivity contribution in [1.29, 1.82) is 0 Å². The van der Waals surface area contributed by atoms with E-state index in [1.165, 1.54) is 340 Å². The Labute approximate surface area is 507 Å². The van der Waals surface area contributed by atoms with Gasteiger partial charge in [-0.3, -0.25) is 9.59 Å². The maximum absolute atomic E-state index is 12.5. The Balaban J connectivity index is 3.34. The molecule has 0 bridgehead atoms. The average Bonchev–Trinajstić information content (AvgIpc) is 3.47. The number of hydrogen-bond donors (Lipinski definition) is 3. The fourth-order valence-corrected chi connectivity index (χ4v) is 11.9. The molecule has 0 heterocycles. The standard InChI is InChI=1S/C75H145NO5/c1-3-5-7-9-11-13-15-17-45-49-53-57-61-65-69-75(80)81-70-66-62-58-54-50-46-42-40-38-36-34-32-30-28-26-24-22-20-18-19-21-23-25-27-29-31-33-35-37-39-41-44-48-52-56-60-64-68-74(79)76-72(71-77)73(78)67-63-59-55-51-47-43-16-14-12-10-8-6-4-2/h18,20,24,26,72-73,77-78H,3-17,19,21-23,25,27-71H2,1-2H3,(H,76,79)/b20-18-,26-24-. The number of allylic oxidation sites excluding steroid dienone is 4. The minimum absolute atomic E-state index is 0.0217. The lowest BCUT2D eigenvalue weighted by molar-refractivity contribution is -0.143. The average molecular weight is 1140 g/mol. The molecule has 81 heavy (non-hydrogen) atoms. The molecular weight excluding hydrogens is 995 g/mol. The van der Waals surface area contributed by atoms with Gasteiger partial charge in [-0.1, -0.05) is 372 Å². The van der Waals surface area contributed by atoms with E-state index >= 15 is 0 Å². The van der Waals surface area contributed by atoms with Crippen molar-refractivity contribution < 1.29 is 24.5 Å². The van der Waals surface area contributed by atoms with Gasteiger partial charge in [0, 0.05) is 12.8 Å². The molecule has 6 heteroatoms. The molecule has 0 saturated heterocycles. The first-order valence-corrected chi connectivity index (χ1v) is 37.1. The van der Waals surface area contributed by atoms with Gasteiger partial charge in [-0.05, 0) is 57.8 Å². The van der Waals surface area contributed by atoms with Gasteiger partial charge in [-0.15, -0.1) is 0 Å². The molecule has 480 valence electrons. The third-order valence-corrected chi connectivity index (χ3v) is 17.5. The summed E-state index contributed by atoms with van der Waals surface area (Å²) in [6.45, 7) is 4.99. The Morgan fingerprint density at radius 3 is 0.938 bits per heavy atom. The number of ether oxygens (including phenoxy) is 1. The second-order valence-electron chi connectivity index (χ2n) is 25.6. The first kappa shape index (κ1) is 79.3. The van der Waals surface area contributed by atoms with Crippen LogP contribution in [-0.4, -0.2) is 47.4 Å². The highest BCUT2D eigenvalue weighted by Crippen LogP contribution is 2.19. The number of carbonyl (C=O) groups excluding carboxylic acids is 2. The predicted molar refractivity (Wildman–Crippen MR) is 356 cm³/mol. The van der Waals surface area contributed by atoms with Crippen LogP contribution in [-0.2, 0) is 14.3 Å². The fraction of sp³-hybridized carbons (Fsp3) is 0.920. The number of carbonyl (C=O) groups is 2. The molecule has 0 aliphatic heterocycles. The van der Waals surface area contributed by atoms with Crippen LogP contribution in [0.5, 0.6) is 0 Å². The van der Waals surface area contributed by atoms with Crippen LogP contribution in [0.2, 0.25) is 0 Å². The molecule has 6 nitrogen and oxygen atoms in total. The summed E-state index contributed by atoms with van der Waals surface area (Å²) in [5.41, 5.74) is 0. The largest absolute Gasteiger partial charge is 0.466 e. The molecule has 0 fully saturated rings. The van der Waals surface area contributed by atoms with Gasteiger partial charge in [0.1, 0.15) is 0 Å². The summed E-state index contributed by atoms with van der Waals surface area (Å²) in [5, 5.41) is 23.3. The van der Waals surface area contributed by atoms with E-state index in [4.69, 9.17) is 4.74 Å². The van der Waals surface area contributed by atoms with Crippen LogP contribution >= 0.6 is 0 Å². The number of amides is 1. The second-order valence-corrected chi connectivity index (χ2v) is 25.6. The Bertz CT molecular complexity index is 1270. The zero-order valence-electron chi connectivity index (χ0n) is 55.0. The molecule has 0 radical (unpaired) electrons. The molecule has 0 aromatic rings. The van der Waals surface area contributed by atoms with Crippen molar-refractivity contribution in [1.82, 2.24) is 5.32 Å². The molecule has 0 aromatic heterocycles. The van der Waals surface area contributed by atoms with Crippen LogP contribution in [0.3, 0.4) is 0 Å². The number of nitrogens with one attached hydrogen (secondary N) is 1. The first-order valence-electron chi connectivity index (χ1n) is 37.1. The third-order valence-electron chi connectivity index (χ3n) is 17.5. The summed E-state index contributed by atoms with van der Waals surface area (Å²) in [4.78, 5) is 24.6. The Kier molecular flexibility index (Phi) is 69.4. The molecule has 0 spiro atoms. The lowest BCUT2D eigenvalue weighted by Gasteiger charge is -2.22. The zero-order chi connectivity index (χ0) is 58.5. The van der Waals surface area contributed by atoms with Crippen molar-refractivity contribution in [2.75, 3.05) is 13.2 Å². The number of unbranched alkanes of at least 4 members (excludes halogenated alkanes) is 55. The highest BCUT2D eigenvalue weighted by Gasteiger charge is 2.20. The zero-order valence-corrected chi connectivity index (χ0v) is 55.0. The van der Waals surface area contributed by atoms with E-state index in [-0.39, 0.29) is 18.5 Å². The molecule has 1 amide bonds. The van der Waals surface area contributed by atoms with Crippen molar-refractivity contribution in [3.8, 4) is 0 Å². The smallest absolute Gasteiger partial charge is 0.305 e. The normalized spacial score (nSPS) is 12.6. The number of aliphatic hydroxyl groups is 2. The fourth-order valence-electron chi connectivity index (χ4n) is 11.9. The Morgan fingerprint density at radius 2 is 0.617 bits per heavy atom. The summed E-state index contributed by atoms with van der Waals surface area (Å²) in [6.07, 6.45) is 89.7. The lowest BCUT2D eigenvalue weighted by Crippen LogP contribution is -2.45. The van der Waals surface area contributed by atoms with E-state index in [9.17, 15) is 19.8 Å². The number of aliphatic hydroxyl groups excluding tert-OH is 2. The van der Waals surface area contributed by atoms with Crippen LogP contribution in [0.15, 0.2) is 24.3 Å². The Hall–Kier alpha value is -1.66. The van der Waals surface area contributed by atoms with E-state index < -0.39 is 12.1 Å². The second kappa shape index (κ2) is 70.8. The number of esters is 1. The molecule has 3 N–H and O–H groups in total. The van der Waals surface area contributed by atoms with Gasteiger partial charge in [0.2, 0.25) is 5.91 Å². The SMILES string of the molecule is CCCCCCCCCCCCCCCCC(=O)OCCCCCCCCCCCCCCC/C=C\C/C=C\CCCCCCCCCCCCCCCCCCCC(=O)NC(CO)C(O)CCCCCCCCCCCCCCC. The topological polar surface area (TPSA) is 95.9 Å². The summed E-state index contributed by atoms with van der Waals surface area (Å²) < 4.78 is 5.50. The van der Waals surface area contributed by atoms with Gasteiger partial charge < -0.3 is 20.3 Å². The quantitative estimate of drug-likeness (QED) is 0.0320. The maximum Gasteiger partial charge on any atom is 0.305 e. The van der Waals surface area contributed by atoms with Crippen molar-refractivity contribution in [2.24, 2.45) is 0 Å². The molecule has 0 rings (SSSR count). The molecule has 2 unspecified atom stereocenters. The van der Waals surface area contributed by atoms with Gasteiger partial charge in [0.15, 0.2) is 0 Å². The summed E-state index contributed by atoms with van der Waals surface area (Å²) in [6, 6.07) is -0.538. The third kappa shape index (κ3) is 67.3. The van der Waals surface area contributed by atoms with E-state index in [1.807, 2.05) is 0 Å². The van der Waals surface area contributed by atoms with Crippen molar-refractivity contribution >= 4 is 11.9 Å². The van der Waals surface area contributed by atoms with Crippen LogP contribution in [0.25, 0.3) is 0 Å². The van der Waals surface area contributed by atoms with E-state index in [2.05, 4.69) is 43.5 Å². The van der Waals surface area contributed by atoms with E-state index in [0.717, 1.165) is 44.9 Å². The molecule has 0 aliphatic carbocycles. The monoisotopic (exact) mass is 1140 g/mol.